The van der Waals surface area contributed by atoms with Crippen molar-refractivity contribution < 1.29 is 4.92 Å². The Kier molecular flexibility index (Phi) is 2.53. The zero-order valence-electron chi connectivity index (χ0n) is 9.85. The Morgan fingerprint density at radius 3 is 3.11 bits per heavy atom. The standard InChI is InChI=1S/C13H13N3O2/c14-6-10-4-8-2-1-3-9-5-12(16(17)18)11(7-15-10)13(8)9/h3,5,8,10,15H,1-2,4,7H2. The molecule has 2 aliphatic carbocycles. The van der Waals surface area contributed by atoms with Gasteiger partial charge in [-0.25, -0.2) is 0 Å². The van der Waals surface area contributed by atoms with E-state index in [9.17, 15) is 10.1 Å². The second-order valence-electron chi connectivity index (χ2n) is 4.91. The summed E-state index contributed by atoms with van der Waals surface area (Å²) in [6.45, 7) is 0.425. The third-order valence-electron chi connectivity index (χ3n) is 3.92. The van der Waals surface area contributed by atoms with Gasteiger partial charge in [-0.1, -0.05) is 6.08 Å². The molecule has 0 spiro atoms. The minimum absolute atomic E-state index is 0.201. The molecule has 0 bridgehead atoms. The van der Waals surface area contributed by atoms with Gasteiger partial charge in [0, 0.05) is 18.2 Å². The highest BCUT2D eigenvalue weighted by molar-refractivity contribution is 5.59. The third kappa shape index (κ3) is 1.57. The topological polar surface area (TPSA) is 79.0 Å². The number of allylic oxidation sites excluding steroid dienone is 4. The molecule has 5 heteroatoms. The van der Waals surface area contributed by atoms with Gasteiger partial charge in [-0.15, -0.1) is 0 Å². The van der Waals surface area contributed by atoms with Crippen LogP contribution in [0.2, 0.25) is 0 Å². The zero-order valence-corrected chi connectivity index (χ0v) is 9.85. The van der Waals surface area contributed by atoms with E-state index in [1.807, 2.05) is 0 Å². The van der Waals surface area contributed by atoms with Crippen LogP contribution in [0.5, 0.6) is 0 Å². The minimum Gasteiger partial charge on any atom is -0.298 e. The van der Waals surface area contributed by atoms with Crippen molar-refractivity contribution in [2.75, 3.05) is 6.54 Å². The molecular weight excluding hydrogens is 230 g/mol. The largest absolute Gasteiger partial charge is 0.298 e. The molecule has 0 fully saturated rings. The second kappa shape index (κ2) is 4.07. The average molecular weight is 243 g/mol. The minimum atomic E-state index is -0.313. The zero-order chi connectivity index (χ0) is 12.7. The molecule has 3 rings (SSSR count). The van der Waals surface area contributed by atoms with E-state index < -0.39 is 0 Å². The van der Waals surface area contributed by atoms with Crippen molar-refractivity contribution in [2.24, 2.45) is 5.92 Å². The maximum Gasteiger partial charge on any atom is 0.274 e. The van der Waals surface area contributed by atoms with Crippen LogP contribution in [0, 0.1) is 27.4 Å². The van der Waals surface area contributed by atoms with Gasteiger partial charge in [-0.2, -0.15) is 5.26 Å². The summed E-state index contributed by atoms with van der Waals surface area (Å²) in [5.41, 5.74) is 3.11. The first-order valence-electron chi connectivity index (χ1n) is 6.13. The quantitative estimate of drug-likeness (QED) is 0.561. The van der Waals surface area contributed by atoms with E-state index in [0.29, 0.717) is 6.54 Å². The van der Waals surface area contributed by atoms with Gasteiger partial charge >= 0.3 is 0 Å². The van der Waals surface area contributed by atoms with Crippen molar-refractivity contribution in [3.05, 3.63) is 44.7 Å². The van der Waals surface area contributed by atoms with Crippen molar-refractivity contribution in [3.8, 4) is 6.07 Å². The Balaban J connectivity index is 2.06. The number of hydrogen-bond donors (Lipinski definition) is 1. The summed E-state index contributed by atoms with van der Waals surface area (Å²) in [6.07, 6.45) is 6.45. The van der Waals surface area contributed by atoms with E-state index in [1.165, 1.54) is 0 Å². The maximum atomic E-state index is 11.1. The molecular formula is C13H13N3O2. The smallest absolute Gasteiger partial charge is 0.274 e. The van der Waals surface area contributed by atoms with Crippen LogP contribution >= 0.6 is 0 Å². The van der Waals surface area contributed by atoms with Crippen molar-refractivity contribution in [1.29, 1.82) is 5.26 Å². The molecule has 0 aromatic carbocycles. The number of rotatable bonds is 1. The Bertz CT molecular complexity index is 551. The fourth-order valence-corrected chi connectivity index (χ4v) is 3.14. The summed E-state index contributed by atoms with van der Waals surface area (Å²) < 4.78 is 0. The van der Waals surface area contributed by atoms with E-state index in [4.69, 9.17) is 5.26 Å². The highest BCUT2D eigenvalue weighted by Crippen LogP contribution is 2.43. The number of nitrogens with zero attached hydrogens (tertiary/aromatic N) is 2. The molecule has 0 saturated heterocycles. The summed E-state index contributed by atoms with van der Waals surface area (Å²) in [5.74, 6) is 0.286. The Morgan fingerprint density at radius 2 is 2.39 bits per heavy atom. The molecule has 92 valence electrons. The lowest BCUT2D eigenvalue weighted by molar-refractivity contribution is -0.420. The van der Waals surface area contributed by atoms with Crippen molar-refractivity contribution in [3.63, 3.8) is 0 Å². The average Bonchev–Trinajstić information content (AvgIpc) is 2.62. The first-order valence-corrected chi connectivity index (χ1v) is 6.13. The summed E-state index contributed by atoms with van der Waals surface area (Å²) in [4.78, 5) is 10.8. The van der Waals surface area contributed by atoms with Gasteiger partial charge < -0.3 is 0 Å². The predicted octanol–water partition coefficient (Wildman–Crippen LogP) is 1.68. The molecule has 0 aromatic heterocycles. The number of nitriles is 1. The fraction of sp³-hybridized carbons (Fsp3) is 0.462. The van der Waals surface area contributed by atoms with Crippen LogP contribution in [0.15, 0.2) is 34.6 Å². The first-order chi connectivity index (χ1) is 8.70. The molecule has 5 nitrogen and oxygen atoms in total. The number of nitro groups is 1. The van der Waals surface area contributed by atoms with E-state index >= 15 is 0 Å². The van der Waals surface area contributed by atoms with Crippen LogP contribution in [0.3, 0.4) is 0 Å². The lowest BCUT2D eigenvalue weighted by Gasteiger charge is -2.23. The first kappa shape index (κ1) is 11.2. The third-order valence-corrected chi connectivity index (χ3v) is 3.92. The summed E-state index contributed by atoms with van der Waals surface area (Å²) in [5, 5.41) is 23.3. The maximum absolute atomic E-state index is 11.1. The second-order valence-corrected chi connectivity index (χ2v) is 4.91. The van der Waals surface area contributed by atoms with Crippen LogP contribution in [0.1, 0.15) is 19.3 Å². The van der Waals surface area contributed by atoms with Gasteiger partial charge in [-0.05, 0) is 36.3 Å². The summed E-state index contributed by atoms with van der Waals surface area (Å²) >= 11 is 0. The highest BCUT2D eigenvalue weighted by atomic mass is 16.6. The van der Waals surface area contributed by atoms with E-state index in [2.05, 4.69) is 17.5 Å². The van der Waals surface area contributed by atoms with Gasteiger partial charge in [0.1, 0.15) is 0 Å². The van der Waals surface area contributed by atoms with E-state index in [1.54, 1.807) is 6.08 Å². The molecule has 0 saturated carbocycles. The molecule has 2 atom stereocenters. The predicted molar refractivity (Wildman–Crippen MR) is 64.9 cm³/mol. The van der Waals surface area contributed by atoms with Crippen molar-refractivity contribution in [1.82, 2.24) is 5.32 Å². The van der Waals surface area contributed by atoms with Crippen LogP contribution in [0.4, 0.5) is 0 Å². The van der Waals surface area contributed by atoms with Crippen molar-refractivity contribution in [2.45, 2.75) is 25.3 Å². The highest BCUT2D eigenvalue weighted by Gasteiger charge is 2.38. The molecule has 1 heterocycles. The van der Waals surface area contributed by atoms with E-state index in [0.717, 1.165) is 36.0 Å². The van der Waals surface area contributed by atoms with Crippen LogP contribution in [-0.4, -0.2) is 17.5 Å². The van der Waals surface area contributed by atoms with Crippen LogP contribution in [-0.2, 0) is 0 Å². The molecule has 18 heavy (non-hydrogen) atoms. The normalized spacial score (nSPS) is 29.9. The molecule has 0 amide bonds. The lowest BCUT2D eigenvalue weighted by atomic mass is 9.81. The summed E-state index contributed by atoms with van der Waals surface area (Å²) in [7, 11) is 0. The van der Waals surface area contributed by atoms with Gasteiger partial charge in [0.15, 0.2) is 0 Å². The molecule has 1 N–H and O–H groups in total. The summed E-state index contributed by atoms with van der Waals surface area (Å²) in [6, 6.07) is 2.03. The van der Waals surface area contributed by atoms with Crippen LogP contribution in [0.25, 0.3) is 0 Å². The Morgan fingerprint density at radius 1 is 1.56 bits per heavy atom. The van der Waals surface area contributed by atoms with E-state index in [-0.39, 0.29) is 22.6 Å². The molecule has 1 aliphatic heterocycles. The molecule has 3 aliphatic rings. The van der Waals surface area contributed by atoms with Gasteiger partial charge in [-0.3, -0.25) is 15.4 Å². The Labute approximate surface area is 105 Å². The number of nitrogens with one attached hydrogen (secondary N) is 1. The number of hydrogen-bond acceptors (Lipinski definition) is 4. The van der Waals surface area contributed by atoms with Crippen LogP contribution < -0.4 is 5.32 Å². The fourth-order valence-electron chi connectivity index (χ4n) is 3.14. The molecule has 0 radical (unpaired) electrons. The Hall–Kier alpha value is -1.93. The van der Waals surface area contributed by atoms with Gasteiger partial charge in [0.2, 0.25) is 0 Å². The van der Waals surface area contributed by atoms with Crippen molar-refractivity contribution >= 4 is 0 Å². The molecule has 0 aromatic rings. The lowest BCUT2D eigenvalue weighted by Crippen LogP contribution is -2.29. The molecule has 2 unspecified atom stereocenters. The van der Waals surface area contributed by atoms with Gasteiger partial charge in [0.25, 0.3) is 5.70 Å². The monoisotopic (exact) mass is 243 g/mol. The van der Waals surface area contributed by atoms with Gasteiger partial charge in [0.05, 0.1) is 17.0 Å². The SMILES string of the molecule is N#CC1CC2CCC=C3C=C([N+](=O)[O-])C(=C32)CN1.